The Morgan fingerprint density at radius 3 is 2.57 bits per heavy atom. The van der Waals surface area contributed by atoms with E-state index in [1.807, 2.05) is 13.8 Å². The zero-order valence-electron chi connectivity index (χ0n) is 13.6. The summed E-state index contributed by atoms with van der Waals surface area (Å²) in [5.41, 5.74) is 2.20. The summed E-state index contributed by atoms with van der Waals surface area (Å²) in [5.74, 6) is 0.956. The lowest BCUT2D eigenvalue weighted by Gasteiger charge is -2.38. The zero-order valence-corrected chi connectivity index (χ0v) is 13.6. The van der Waals surface area contributed by atoms with Crippen LogP contribution in [-0.4, -0.2) is 43.5 Å². The monoisotopic (exact) mass is 292 g/mol. The fourth-order valence-corrected chi connectivity index (χ4v) is 2.91. The van der Waals surface area contributed by atoms with Crippen molar-refractivity contribution in [2.45, 2.75) is 45.2 Å². The van der Waals surface area contributed by atoms with Gasteiger partial charge in [-0.3, -0.25) is 0 Å². The second-order valence-electron chi connectivity index (χ2n) is 6.62. The molecule has 0 radical (unpaired) electrons. The van der Waals surface area contributed by atoms with Gasteiger partial charge in [0.1, 0.15) is 5.75 Å². The van der Waals surface area contributed by atoms with Crippen LogP contribution in [0.15, 0.2) is 18.2 Å². The van der Waals surface area contributed by atoms with Gasteiger partial charge in [-0.1, -0.05) is 6.07 Å². The molecule has 1 saturated heterocycles. The zero-order chi connectivity index (χ0) is 15.5. The van der Waals surface area contributed by atoms with Crippen LogP contribution >= 0.6 is 0 Å². The van der Waals surface area contributed by atoms with Crippen LogP contribution in [0.4, 0.5) is 5.69 Å². The molecule has 2 N–H and O–H groups in total. The van der Waals surface area contributed by atoms with E-state index in [9.17, 15) is 5.11 Å². The molecule has 0 aliphatic carbocycles. The molecule has 1 heterocycles. The molecule has 0 unspecified atom stereocenters. The molecule has 0 saturated carbocycles. The Morgan fingerprint density at radius 1 is 1.33 bits per heavy atom. The van der Waals surface area contributed by atoms with Crippen molar-refractivity contribution in [1.82, 2.24) is 5.32 Å². The highest BCUT2D eigenvalue weighted by molar-refractivity contribution is 5.60. The van der Waals surface area contributed by atoms with Crippen LogP contribution in [-0.2, 0) is 0 Å². The summed E-state index contributed by atoms with van der Waals surface area (Å²) in [6.45, 7) is 8.36. The van der Waals surface area contributed by atoms with Crippen molar-refractivity contribution < 1.29 is 9.84 Å². The number of aliphatic hydroxyl groups is 1. The maximum atomic E-state index is 9.36. The van der Waals surface area contributed by atoms with E-state index in [1.54, 1.807) is 7.11 Å². The summed E-state index contributed by atoms with van der Waals surface area (Å²) < 4.78 is 5.51. The lowest BCUT2D eigenvalue weighted by molar-refractivity contribution is 0.168. The first kappa shape index (κ1) is 16.1. The number of ether oxygens (including phenoxy) is 1. The minimum absolute atomic E-state index is 0.166. The van der Waals surface area contributed by atoms with Gasteiger partial charge in [0.25, 0.3) is 0 Å². The van der Waals surface area contributed by atoms with E-state index in [0.29, 0.717) is 6.04 Å². The van der Waals surface area contributed by atoms with E-state index in [4.69, 9.17) is 4.74 Å². The van der Waals surface area contributed by atoms with Gasteiger partial charge in [-0.25, -0.2) is 0 Å². The highest BCUT2D eigenvalue weighted by atomic mass is 16.5. The molecule has 1 aromatic carbocycles. The van der Waals surface area contributed by atoms with Crippen LogP contribution in [0, 0.1) is 6.92 Å². The SMILES string of the molecule is COc1cc(C)ccc1N1CCC(NC(C)(C)CO)CC1. The maximum Gasteiger partial charge on any atom is 0.142 e. The van der Waals surface area contributed by atoms with E-state index < -0.39 is 0 Å². The fraction of sp³-hybridized carbons (Fsp3) is 0.647. The Labute approximate surface area is 128 Å². The normalized spacial score (nSPS) is 17.1. The van der Waals surface area contributed by atoms with Gasteiger partial charge in [-0.15, -0.1) is 0 Å². The van der Waals surface area contributed by atoms with Crippen LogP contribution in [0.3, 0.4) is 0 Å². The van der Waals surface area contributed by atoms with Crippen molar-refractivity contribution in [2.75, 3.05) is 31.7 Å². The molecule has 0 bridgehead atoms. The quantitative estimate of drug-likeness (QED) is 0.874. The number of hydrogen-bond donors (Lipinski definition) is 2. The molecule has 0 amide bonds. The van der Waals surface area contributed by atoms with E-state index in [1.165, 1.54) is 11.3 Å². The number of rotatable bonds is 5. The lowest BCUT2D eigenvalue weighted by atomic mass is 9.98. The van der Waals surface area contributed by atoms with Crippen LogP contribution < -0.4 is 15.0 Å². The van der Waals surface area contributed by atoms with Gasteiger partial charge in [-0.2, -0.15) is 0 Å². The van der Waals surface area contributed by atoms with E-state index in [-0.39, 0.29) is 12.1 Å². The largest absolute Gasteiger partial charge is 0.495 e. The first-order valence-electron chi connectivity index (χ1n) is 7.73. The second kappa shape index (κ2) is 6.67. The van der Waals surface area contributed by atoms with Crippen molar-refractivity contribution in [3.05, 3.63) is 23.8 Å². The molecule has 21 heavy (non-hydrogen) atoms. The van der Waals surface area contributed by atoms with Gasteiger partial charge in [0.2, 0.25) is 0 Å². The van der Waals surface area contributed by atoms with Gasteiger partial charge in [0.15, 0.2) is 0 Å². The molecule has 1 aliphatic heterocycles. The molecule has 0 spiro atoms. The molecule has 1 fully saturated rings. The summed E-state index contributed by atoms with van der Waals surface area (Å²) in [6.07, 6.45) is 2.17. The fourth-order valence-electron chi connectivity index (χ4n) is 2.91. The third kappa shape index (κ3) is 4.11. The molecule has 118 valence electrons. The van der Waals surface area contributed by atoms with E-state index in [0.717, 1.165) is 31.7 Å². The predicted molar refractivity (Wildman–Crippen MR) is 87.3 cm³/mol. The molecule has 0 atom stereocenters. The Morgan fingerprint density at radius 2 is 2.00 bits per heavy atom. The van der Waals surface area contributed by atoms with Gasteiger partial charge in [0.05, 0.1) is 19.4 Å². The van der Waals surface area contributed by atoms with Gasteiger partial charge in [-0.05, 0) is 51.3 Å². The summed E-state index contributed by atoms with van der Waals surface area (Å²) in [7, 11) is 1.73. The lowest BCUT2D eigenvalue weighted by Crippen LogP contribution is -2.52. The van der Waals surface area contributed by atoms with Gasteiger partial charge < -0.3 is 20.1 Å². The van der Waals surface area contributed by atoms with Crippen LogP contribution in [0.5, 0.6) is 5.75 Å². The third-order valence-electron chi connectivity index (χ3n) is 4.16. The number of nitrogens with zero attached hydrogens (tertiary/aromatic N) is 1. The Kier molecular flexibility index (Phi) is 5.12. The topological polar surface area (TPSA) is 44.7 Å². The van der Waals surface area contributed by atoms with Crippen LogP contribution in [0.2, 0.25) is 0 Å². The highest BCUT2D eigenvalue weighted by Crippen LogP contribution is 2.31. The van der Waals surface area contributed by atoms with Crippen LogP contribution in [0.25, 0.3) is 0 Å². The summed E-state index contributed by atoms with van der Waals surface area (Å²) in [4.78, 5) is 2.39. The standard InChI is InChI=1S/C17H28N2O2/c1-13-5-6-15(16(11-13)21-4)19-9-7-14(8-10-19)18-17(2,3)12-20/h5-6,11,14,18,20H,7-10,12H2,1-4H3. The van der Waals surface area contributed by atoms with Gasteiger partial charge >= 0.3 is 0 Å². The number of anilines is 1. The minimum atomic E-state index is -0.200. The average Bonchev–Trinajstić information content (AvgIpc) is 2.48. The number of hydrogen-bond acceptors (Lipinski definition) is 4. The average molecular weight is 292 g/mol. The second-order valence-corrected chi connectivity index (χ2v) is 6.62. The number of aliphatic hydroxyl groups excluding tert-OH is 1. The molecule has 4 nitrogen and oxygen atoms in total. The van der Waals surface area contributed by atoms with Gasteiger partial charge in [0, 0.05) is 24.7 Å². The summed E-state index contributed by atoms with van der Waals surface area (Å²) >= 11 is 0. The third-order valence-corrected chi connectivity index (χ3v) is 4.16. The molecule has 2 rings (SSSR count). The number of piperidine rings is 1. The number of nitrogens with one attached hydrogen (secondary N) is 1. The van der Waals surface area contributed by atoms with Crippen molar-refractivity contribution in [3.63, 3.8) is 0 Å². The van der Waals surface area contributed by atoms with Crippen molar-refractivity contribution in [3.8, 4) is 5.75 Å². The van der Waals surface area contributed by atoms with E-state index >= 15 is 0 Å². The van der Waals surface area contributed by atoms with Crippen molar-refractivity contribution >= 4 is 5.69 Å². The summed E-state index contributed by atoms with van der Waals surface area (Å²) in [6, 6.07) is 6.85. The number of benzene rings is 1. The molecular formula is C17H28N2O2. The first-order valence-corrected chi connectivity index (χ1v) is 7.73. The first-order chi connectivity index (χ1) is 9.95. The van der Waals surface area contributed by atoms with E-state index in [2.05, 4.69) is 35.3 Å². The number of methoxy groups -OCH3 is 1. The van der Waals surface area contributed by atoms with Crippen LogP contribution in [0.1, 0.15) is 32.3 Å². The number of aryl methyl sites for hydroxylation is 1. The Hall–Kier alpha value is -1.26. The molecular weight excluding hydrogens is 264 g/mol. The van der Waals surface area contributed by atoms with Crippen molar-refractivity contribution in [1.29, 1.82) is 0 Å². The molecule has 4 heteroatoms. The van der Waals surface area contributed by atoms with Crippen molar-refractivity contribution in [2.24, 2.45) is 0 Å². The minimum Gasteiger partial charge on any atom is -0.495 e. The molecule has 1 aromatic rings. The molecule has 0 aromatic heterocycles. The molecule has 1 aliphatic rings. The summed E-state index contributed by atoms with van der Waals surface area (Å²) in [5, 5.41) is 12.9. The highest BCUT2D eigenvalue weighted by Gasteiger charge is 2.26. The maximum absolute atomic E-state index is 9.36. The predicted octanol–water partition coefficient (Wildman–Crippen LogP) is 2.33. The Bertz CT molecular complexity index is 466. The smallest absolute Gasteiger partial charge is 0.142 e. The Balaban J connectivity index is 1.98.